The topological polar surface area (TPSA) is 95.7 Å². The Morgan fingerprint density at radius 1 is 1.21 bits per heavy atom. The number of nitrogens with zero attached hydrogens (tertiary/aromatic N) is 1. The molecule has 2 rings (SSSR count). The van der Waals surface area contributed by atoms with E-state index in [0.29, 0.717) is 49.1 Å². The average Bonchev–Trinajstić information content (AvgIpc) is 3.10. The lowest BCUT2D eigenvalue weighted by atomic mass is 10.3. The van der Waals surface area contributed by atoms with Crippen molar-refractivity contribution in [2.45, 2.75) is 13.0 Å². The van der Waals surface area contributed by atoms with Crippen LogP contribution in [0.25, 0.3) is 0 Å². The van der Waals surface area contributed by atoms with Crippen molar-refractivity contribution >= 4 is 17.2 Å². The van der Waals surface area contributed by atoms with Crippen LogP contribution in [-0.2, 0) is 6.54 Å². The molecule has 0 atom stereocenters. The number of carbonyl (C=O) groups excluding carboxylic acids is 1. The maximum absolute atomic E-state index is 11.9. The van der Waals surface area contributed by atoms with E-state index in [-0.39, 0.29) is 5.91 Å². The van der Waals surface area contributed by atoms with Crippen LogP contribution < -0.4 is 25.3 Å². The quantitative estimate of drug-likeness (QED) is 0.669. The zero-order chi connectivity index (χ0) is 17.4. The smallest absolute Gasteiger partial charge is 0.270 e. The van der Waals surface area contributed by atoms with Crippen LogP contribution in [0.15, 0.2) is 23.6 Å². The molecule has 0 spiro atoms. The van der Waals surface area contributed by atoms with Gasteiger partial charge in [-0.05, 0) is 6.42 Å². The summed E-state index contributed by atoms with van der Waals surface area (Å²) in [5.74, 6) is 1.78. The lowest BCUT2D eigenvalue weighted by molar-refractivity contribution is 0.0947. The molecule has 0 aliphatic rings. The molecule has 0 unspecified atom stereocenters. The van der Waals surface area contributed by atoms with Gasteiger partial charge in [0, 0.05) is 36.7 Å². The van der Waals surface area contributed by atoms with Crippen LogP contribution >= 0.6 is 11.3 Å². The third-order valence-electron chi connectivity index (χ3n) is 3.16. The van der Waals surface area contributed by atoms with E-state index in [1.54, 1.807) is 37.8 Å². The predicted molar refractivity (Wildman–Crippen MR) is 92.0 cm³/mol. The summed E-state index contributed by atoms with van der Waals surface area (Å²) >= 11 is 1.38. The summed E-state index contributed by atoms with van der Waals surface area (Å²) in [6, 6.07) is 5.34. The van der Waals surface area contributed by atoms with Gasteiger partial charge in [0.25, 0.3) is 5.91 Å². The molecule has 1 aromatic carbocycles. The van der Waals surface area contributed by atoms with E-state index in [2.05, 4.69) is 10.3 Å². The van der Waals surface area contributed by atoms with Crippen LogP contribution in [0.3, 0.4) is 0 Å². The first-order valence-electron chi connectivity index (χ1n) is 7.44. The molecular weight excluding hydrogens is 330 g/mol. The van der Waals surface area contributed by atoms with Crippen LogP contribution in [0.4, 0.5) is 0 Å². The van der Waals surface area contributed by atoms with Gasteiger partial charge in [0.1, 0.15) is 28.0 Å². The Balaban J connectivity index is 1.74. The zero-order valence-electron chi connectivity index (χ0n) is 13.7. The van der Waals surface area contributed by atoms with Gasteiger partial charge in [0.05, 0.1) is 20.8 Å². The second kappa shape index (κ2) is 9.09. The molecule has 2 aromatic rings. The fourth-order valence-electron chi connectivity index (χ4n) is 1.93. The molecule has 0 saturated carbocycles. The van der Waals surface area contributed by atoms with Crippen molar-refractivity contribution < 1.29 is 19.0 Å². The van der Waals surface area contributed by atoms with Crippen molar-refractivity contribution in [3.8, 4) is 17.2 Å². The first kappa shape index (κ1) is 18.0. The number of methoxy groups -OCH3 is 2. The summed E-state index contributed by atoms with van der Waals surface area (Å²) in [6.07, 6.45) is 0.666. The van der Waals surface area contributed by atoms with Crippen LogP contribution in [0.5, 0.6) is 17.2 Å². The number of ether oxygens (including phenoxy) is 3. The average molecular weight is 351 g/mol. The number of thiazole rings is 1. The van der Waals surface area contributed by atoms with E-state index in [1.807, 2.05) is 0 Å². The number of hydrogen-bond donors (Lipinski definition) is 2. The molecule has 1 aromatic heterocycles. The summed E-state index contributed by atoms with van der Waals surface area (Å²) in [6.45, 7) is 1.30. The van der Waals surface area contributed by atoms with Crippen molar-refractivity contribution in [2.24, 2.45) is 5.73 Å². The highest BCUT2D eigenvalue weighted by atomic mass is 32.1. The van der Waals surface area contributed by atoms with E-state index < -0.39 is 0 Å². The molecule has 7 nitrogen and oxygen atoms in total. The fraction of sp³-hybridized carbons (Fsp3) is 0.375. The first-order valence-corrected chi connectivity index (χ1v) is 8.32. The Hall–Kier alpha value is -2.32. The van der Waals surface area contributed by atoms with Gasteiger partial charge in [-0.25, -0.2) is 4.98 Å². The molecule has 0 radical (unpaired) electrons. The van der Waals surface area contributed by atoms with Crippen molar-refractivity contribution in [1.82, 2.24) is 10.3 Å². The summed E-state index contributed by atoms with van der Waals surface area (Å²) in [7, 11) is 3.17. The van der Waals surface area contributed by atoms with Gasteiger partial charge in [-0.1, -0.05) is 0 Å². The third kappa shape index (κ3) is 5.10. The molecule has 3 N–H and O–H groups in total. The molecule has 0 aliphatic carbocycles. The summed E-state index contributed by atoms with van der Waals surface area (Å²) in [5.41, 5.74) is 5.88. The Morgan fingerprint density at radius 3 is 2.46 bits per heavy atom. The van der Waals surface area contributed by atoms with Gasteiger partial charge in [0.2, 0.25) is 0 Å². The summed E-state index contributed by atoms with van der Waals surface area (Å²) in [5, 5.41) is 5.25. The number of hydrogen-bond acceptors (Lipinski definition) is 7. The monoisotopic (exact) mass is 351 g/mol. The Kier molecular flexibility index (Phi) is 6.83. The van der Waals surface area contributed by atoms with Gasteiger partial charge in [-0.2, -0.15) is 0 Å². The van der Waals surface area contributed by atoms with Crippen LogP contribution in [0.2, 0.25) is 0 Å². The number of rotatable bonds is 9. The van der Waals surface area contributed by atoms with E-state index in [0.717, 1.165) is 5.01 Å². The number of aromatic nitrogens is 1. The zero-order valence-corrected chi connectivity index (χ0v) is 14.5. The SMILES string of the molecule is COc1cc(OC)cc(OCCCNC(=O)c2csc(CN)n2)c1. The highest BCUT2D eigenvalue weighted by molar-refractivity contribution is 7.09. The van der Waals surface area contributed by atoms with Crippen molar-refractivity contribution in [1.29, 1.82) is 0 Å². The van der Waals surface area contributed by atoms with E-state index in [9.17, 15) is 4.79 Å². The van der Waals surface area contributed by atoms with Gasteiger partial charge in [-0.3, -0.25) is 4.79 Å². The molecule has 0 aliphatic heterocycles. The van der Waals surface area contributed by atoms with Crippen LogP contribution in [0, 0.1) is 0 Å². The lowest BCUT2D eigenvalue weighted by Crippen LogP contribution is -2.26. The Labute approximate surface area is 144 Å². The van der Waals surface area contributed by atoms with Gasteiger partial charge in [0.15, 0.2) is 0 Å². The highest BCUT2D eigenvalue weighted by Crippen LogP contribution is 2.27. The second-order valence-electron chi connectivity index (χ2n) is 4.84. The summed E-state index contributed by atoms with van der Waals surface area (Å²) in [4.78, 5) is 16.0. The maximum atomic E-state index is 11.9. The minimum atomic E-state index is -0.200. The minimum Gasteiger partial charge on any atom is -0.496 e. The largest absolute Gasteiger partial charge is 0.496 e. The van der Waals surface area contributed by atoms with Crippen LogP contribution in [-0.4, -0.2) is 38.3 Å². The van der Waals surface area contributed by atoms with E-state index >= 15 is 0 Å². The molecule has 0 bridgehead atoms. The molecule has 130 valence electrons. The lowest BCUT2D eigenvalue weighted by Gasteiger charge is -2.10. The standard InChI is InChI=1S/C16H21N3O4S/c1-21-11-6-12(22-2)8-13(7-11)23-5-3-4-18-16(20)14-10-24-15(9-17)19-14/h6-8,10H,3-5,9,17H2,1-2H3,(H,18,20). The fourth-order valence-corrected chi connectivity index (χ4v) is 2.58. The number of carbonyl (C=O) groups is 1. The predicted octanol–water partition coefficient (Wildman–Crippen LogP) is 1.82. The van der Waals surface area contributed by atoms with Gasteiger partial charge >= 0.3 is 0 Å². The summed E-state index contributed by atoms with van der Waals surface area (Å²) < 4.78 is 16.0. The van der Waals surface area contributed by atoms with E-state index in [1.165, 1.54) is 11.3 Å². The van der Waals surface area contributed by atoms with Gasteiger partial charge < -0.3 is 25.3 Å². The second-order valence-corrected chi connectivity index (χ2v) is 5.78. The number of benzene rings is 1. The molecule has 1 amide bonds. The van der Waals surface area contributed by atoms with Crippen molar-refractivity contribution in [3.05, 3.63) is 34.3 Å². The molecule has 24 heavy (non-hydrogen) atoms. The maximum Gasteiger partial charge on any atom is 0.270 e. The van der Waals surface area contributed by atoms with Crippen molar-refractivity contribution in [2.75, 3.05) is 27.4 Å². The normalized spacial score (nSPS) is 10.3. The minimum absolute atomic E-state index is 0.200. The van der Waals surface area contributed by atoms with Crippen molar-refractivity contribution in [3.63, 3.8) is 0 Å². The van der Waals surface area contributed by atoms with Crippen LogP contribution in [0.1, 0.15) is 21.9 Å². The highest BCUT2D eigenvalue weighted by Gasteiger charge is 2.09. The molecule has 0 fully saturated rings. The molecular formula is C16H21N3O4S. The Bertz CT molecular complexity index is 653. The van der Waals surface area contributed by atoms with E-state index in [4.69, 9.17) is 19.9 Å². The number of nitrogens with one attached hydrogen (secondary N) is 1. The number of amides is 1. The third-order valence-corrected chi connectivity index (χ3v) is 4.03. The number of nitrogens with two attached hydrogens (primary N) is 1. The molecule has 0 saturated heterocycles. The molecule has 1 heterocycles. The van der Waals surface area contributed by atoms with Gasteiger partial charge in [-0.15, -0.1) is 11.3 Å². The molecule has 8 heteroatoms. The Morgan fingerprint density at radius 2 is 1.88 bits per heavy atom. The first-order chi connectivity index (χ1) is 11.7.